The number of carbonyl (C=O) groups excluding carboxylic acids is 2. The lowest BCUT2D eigenvalue weighted by atomic mass is 10.0. The number of alkyl halides is 3. The summed E-state index contributed by atoms with van der Waals surface area (Å²) in [4.78, 5) is 32.4. The van der Waals surface area contributed by atoms with Gasteiger partial charge in [-0.3, -0.25) is 9.78 Å². The van der Waals surface area contributed by atoms with Gasteiger partial charge in [-0.2, -0.15) is 13.2 Å². The molecule has 1 aliphatic heterocycles. The maximum absolute atomic E-state index is 13.0. The lowest BCUT2D eigenvalue weighted by Crippen LogP contribution is -2.43. The third kappa shape index (κ3) is 4.23. The fourth-order valence-electron chi connectivity index (χ4n) is 3.09. The van der Waals surface area contributed by atoms with Crippen LogP contribution >= 0.6 is 11.8 Å². The molecule has 0 radical (unpaired) electrons. The number of aromatic nitrogens is 1. The van der Waals surface area contributed by atoms with E-state index in [1.807, 2.05) is 0 Å². The van der Waals surface area contributed by atoms with Gasteiger partial charge in [0, 0.05) is 30.4 Å². The first-order chi connectivity index (χ1) is 13.5. The molecule has 0 unspecified atom stereocenters. The summed E-state index contributed by atoms with van der Waals surface area (Å²) < 4.78 is 37.5. The molecule has 0 spiro atoms. The number of thioether (sulfide) groups is 1. The van der Waals surface area contributed by atoms with Crippen LogP contribution in [-0.2, 0) is 17.9 Å². The highest BCUT2D eigenvalue weighted by molar-refractivity contribution is 8.00. The number of hydrogen-bond acceptors (Lipinski definition) is 5. The predicted octanol–water partition coefficient (Wildman–Crippen LogP) is 3.90. The van der Waals surface area contributed by atoms with Crippen molar-refractivity contribution >= 4 is 29.4 Å². The number of anilines is 1. The zero-order valence-corrected chi connectivity index (χ0v) is 16.5. The van der Waals surface area contributed by atoms with E-state index in [1.54, 1.807) is 32.3 Å². The van der Waals surface area contributed by atoms with E-state index in [1.165, 1.54) is 29.2 Å². The molecule has 2 N–H and O–H groups in total. The summed E-state index contributed by atoms with van der Waals surface area (Å²) in [7, 11) is 0. The highest BCUT2D eigenvalue weighted by Crippen LogP contribution is 2.39. The number of pyridine rings is 1. The Morgan fingerprint density at radius 1 is 1.10 bits per heavy atom. The van der Waals surface area contributed by atoms with Gasteiger partial charge in [0.05, 0.1) is 5.69 Å². The predicted molar refractivity (Wildman–Crippen MR) is 103 cm³/mol. The van der Waals surface area contributed by atoms with Crippen LogP contribution in [0.1, 0.15) is 25.0 Å². The molecular formula is C19H19F3N4O2S. The number of amides is 3. The third-order valence-electron chi connectivity index (χ3n) is 4.70. The largest absolute Gasteiger partial charge is 0.446 e. The molecule has 1 saturated heterocycles. The average molecular weight is 424 g/mol. The standard InChI is InChI=1S/C19H19F3N4O2S/c1-18(2)16(27)26(14-3-5-15(6-4-14)29-19(20,21)22)17(28)25(18)11-12-7-8-24-10-13(12)9-23/h3-8,10H,9,11,23H2,1-2H3. The lowest BCUT2D eigenvalue weighted by molar-refractivity contribution is -0.123. The number of nitrogens with two attached hydrogens (primary N) is 1. The molecule has 0 aliphatic carbocycles. The summed E-state index contributed by atoms with van der Waals surface area (Å²) in [5.41, 5.74) is 1.93. The number of hydrogen-bond donors (Lipinski definition) is 1. The molecule has 0 bridgehead atoms. The summed E-state index contributed by atoms with van der Waals surface area (Å²) >= 11 is -0.257. The van der Waals surface area contributed by atoms with Gasteiger partial charge in [-0.15, -0.1) is 0 Å². The minimum atomic E-state index is -4.41. The number of rotatable bonds is 5. The number of halogens is 3. The fourth-order valence-corrected chi connectivity index (χ4v) is 3.63. The summed E-state index contributed by atoms with van der Waals surface area (Å²) in [5.74, 6) is -0.456. The van der Waals surface area contributed by atoms with Crippen molar-refractivity contribution in [3.8, 4) is 0 Å². The minimum absolute atomic E-state index is 0.0270. The Morgan fingerprint density at radius 3 is 2.34 bits per heavy atom. The van der Waals surface area contributed by atoms with E-state index in [4.69, 9.17) is 5.73 Å². The summed E-state index contributed by atoms with van der Waals surface area (Å²) in [6.07, 6.45) is 3.19. The molecule has 3 rings (SSSR count). The SMILES string of the molecule is CC1(C)C(=O)N(c2ccc(SC(F)(F)F)cc2)C(=O)N1Cc1ccncc1CN. The molecule has 10 heteroatoms. The smallest absolute Gasteiger partial charge is 0.326 e. The number of benzene rings is 1. The van der Waals surface area contributed by atoms with Gasteiger partial charge in [0.25, 0.3) is 5.91 Å². The van der Waals surface area contributed by atoms with Gasteiger partial charge in [-0.25, -0.2) is 9.69 Å². The first kappa shape index (κ1) is 21.1. The molecule has 6 nitrogen and oxygen atoms in total. The van der Waals surface area contributed by atoms with Crippen molar-refractivity contribution in [1.82, 2.24) is 9.88 Å². The molecular weight excluding hydrogens is 405 g/mol. The van der Waals surface area contributed by atoms with Crippen LogP contribution in [0.2, 0.25) is 0 Å². The van der Waals surface area contributed by atoms with Crippen LogP contribution in [0.4, 0.5) is 23.7 Å². The van der Waals surface area contributed by atoms with Gasteiger partial charge >= 0.3 is 11.5 Å². The summed E-state index contributed by atoms with van der Waals surface area (Å²) in [6, 6.07) is 6.33. The molecule has 2 aromatic rings. The van der Waals surface area contributed by atoms with Crippen molar-refractivity contribution in [3.05, 3.63) is 53.9 Å². The molecule has 0 saturated carbocycles. The Bertz CT molecular complexity index is 932. The van der Waals surface area contributed by atoms with Crippen molar-refractivity contribution in [2.75, 3.05) is 4.90 Å². The molecule has 1 aromatic carbocycles. The van der Waals surface area contributed by atoms with Crippen LogP contribution in [0.15, 0.2) is 47.6 Å². The Kier molecular flexibility index (Phi) is 5.59. The monoisotopic (exact) mass is 424 g/mol. The van der Waals surface area contributed by atoms with Gasteiger partial charge in [-0.1, -0.05) is 0 Å². The molecule has 1 fully saturated rings. The number of urea groups is 1. The van der Waals surface area contributed by atoms with E-state index in [9.17, 15) is 22.8 Å². The Hall–Kier alpha value is -2.59. The number of carbonyl (C=O) groups is 2. The first-order valence-electron chi connectivity index (χ1n) is 8.68. The molecule has 2 heterocycles. The van der Waals surface area contributed by atoms with Crippen molar-refractivity contribution in [1.29, 1.82) is 0 Å². The number of nitrogens with zero attached hydrogens (tertiary/aromatic N) is 3. The van der Waals surface area contributed by atoms with Gasteiger partial charge in [0.1, 0.15) is 5.54 Å². The second-order valence-corrected chi connectivity index (χ2v) is 8.10. The normalized spacial score (nSPS) is 16.6. The van der Waals surface area contributed by atoms with Crippen LogP contribution in [0.5, 0.6) is 0 Å². The van der Waals surface area contributed by atoms with Crippen LogP contribution in [0.3, 0.4) is 0 Å². The first-order valence-corrected chi connectivity index (χ1v) is 9.50. The molecule has 154 valence electrons. The van der Waals surface area contributed by atoms with Gasteiger partial charge < -0.3 is 10.6 Å². The lowest BCUT2D eigenvalue weighted by Gasteiger charge is -2.28. The second-order valence-electron chi connectivity index (χ2n) is 6.96. The topological polar surface area (TPSA) is 79.5 Å². The molecule has 29 heavy (non-hydrogen) atoms. The molecule has 1 aliphatic rings. The van der Waals surface area contributed by atoms with Crippen molar-refractivity contribution in [2.24, 2.45) is 5.73 Å². The summed E-state index contributed by atoms with van der Waals surface area (Å²) in [6.45, 7) is 3.65. The summed E-state index contributed by atoms with van der Waals surface area (Å²) in [5, 5.41) is 0. The van der Waals surface area contributed by atoms with Gasteiger partial charge in [0.15, 0.2) is 0 Å². The third-order valence-corrected chi connectivity index (χ3v) is 5.44. The Morgan fingerprint density at radius 2 is 1.76 bits per heavy atom. The minimum Gasteiger partial charge on any atom is -0.326 e. The van der Waals surface area contributed by atoms with E-state index in [0.717, 1.165) is 16.0 Å². The van der Waals surface area contributed by atoms with Crippen LogP contribution in [-0.4, -0.2) is 32.9 Å². The fraction of sp³-hybridized carbons (Fsp3) is 0.316. The van der Waals surface area contributed by atoms with Crippen molar-refractivity contribution < 1.29 is 22.8 Å². The molecule has 3 amide bonds. The second kappa shape index (κ2) is 7.68. The zero-order valence-electron chi connectivity index (χ0n) is 15.7. The number of imide groups is 1. The average Bonchev–Trinajstić information content (AvgIpc) is 2.81. The van der Waals surface area contributed by atoms with E-state index in [2.05, 4.69) is 4.98 Å². The van der Waals surface area contributed by atoms with Crippen LogP contribution in [0, 0.1) is 0 Å². The van der Waals surface area contributed by atoms with E-state index < -0.39 is 23.0 Å². The highest BCUT2D eigenvalue weighted by atomic mass is 32.2. The Labute approximate surface area is 169 Å². The van der Waals surface area contributed by atoms with Crippen LogP contribution in [0.25, 0.3) is 0 Å². The van der Waals surface area contributed by atoms with E-state index in [0.29, 0.717) is 0 Å². The van der Waals surface area contributed by atoms with Crippen molar-refractivity contribution in [2.45, 2.75) is 42.9 Å². The van der Waals surface area contributed by atoms with Crippen LogP contribution < -0.4 is 10.6 Å². The molecule has 1 aromatic heterocycles. The van der Waals surface area contributed by atoms with E-state index >= 15 is 0 Å². The van der Waals surface area contributed by atoms with Crippen molar-refractivity contribution in [3.63, 3.8) is 0 Å². The Balaban J connectivity index is 1.88. The van der Waals surface area contributed by atoms with Gasteiger partial charge in [-0.05, 0) is 67.1 Å². The maximum atomic E-state index is 13.0. The molecule has 0 atom stereocenters. The quantitative estimate of drug-likeness (QED) is 0.582. The maximum Gasteiger partial charge on any atom is 0.446 e. The van der Waals surface area contributed by atoms with Gasteiger partial charge in [0.2, 0.25) is 0 Å². The zero-order chi connectivity index (χ0) is 21.4. The highest BCUT2D eigenvalue weighted by Gasteiger charge is 2.51. The van der Waals surface area contributed by atoms with E-state index in [-0.39, 0.29) is 35.4 Å².